The van der Waals surface area contributed by atoms with Crippen molar-refractivity contribution in [2.24, 2.45) is 5.92 Å². The third-order valence-electron chi connectivity index (χ3n) is 3.55. The maximum atomic E-state index is 11.8. The molecule has 0 bridgehead atoms. The molecular weight excluding hydrogens is 240 g/mol. The van der Waals surface area contributed by atoms with E-state index in [4.69, 9.17) is 0 Å². The molecule has 1 aliphatic rings. The largest absolute Gasteiger partial charge is 0.334 e. The average Bonchev–Trinajstić information content (AvgIpc) is 2.26. The van der Waals surface area contributed by atoms with Crippen LogP contribution in [-0.4, -0.2) is 18.0 Å². The molecule has 1 heterocycles. The van der Waals surface area contributed by atoms with Gasteiger partial charge in [-0.05, 0) is 32.3 Å². The van der Waals surface area contributed by atoms with Crippen molar-refractivity contribution in [2.75, 3.05) is 0 Å². The highest BCUT2D eigenvalue weighted by molar-refractivity contribution is 5.98. The molecule has 0 radical (unpaired) electrons. The van der Waals surface area contributed by atoms with Crippen LogP contribution in [0.25, 0.3) is 0 Å². The number of carbonyl (C=O) groups excluding carboxylic acids is 2. The quantitative estimate of drug-likeness (QED) is 0.874. The van der Waals surface area contributed by atoms with Crippen LogP contribution in [0.2, 0.25) is 0 Å². The summed E-state index contributed by atoms with van der Waals surface area (Å²) >= 11 is 0. The smallest absolute Gasteiger partial charge is 0.321 e. The Kier molecular flexibility index (Phi) is 3.88. The van der Waals surface area contributed by atoms with Gasteiger partial charge in [-0.1, -0.05) is 36.2 Å². The summed E-state index contributed by atoms with van der Waals surface area (Å²) in [4.78, 5) is 23.2. The number of carbonyl (C=O) groups is 2. The minimum absolute atomic E-state index is 0.118. The fourth-order valence-electron chi connectivity index (χ4n) is 2.80. The lowest BCUT2D eigenvalue weighted by Gasteiger charge is -2.31. The van der Waals surface area contributed by atoms with E-state index in [-0.39, 0.29) is 23.9 Å². The van der Waals surface area contributed by atoms with E-state index in [2.05, 4.69) is 42.7 Å². The molecule has 2 rings (SSSR count). The molecule has 0 saturated carbocycles. The van der Waals surface area contributed by atoms with E-state index in [1.165, 1.54) is 11.1 Å². The molecule has 1 aliphatic heterocycles. The fourth-order valence-corrected chi connectivity index (χ4v) is 2.80. The van der Waals surface area contributed by atoms with Crippen LogP contribution in [0.4, 0.5) is 4.79 Å². The number of hydrogen-bond donors (Lipinski definition) is 2. The average molecular weight is 260 g/mol. The maximum absolute atomic E-state index is 11.8. The molecule has 1 aromatic rings. The molecular formula is C15H20N2O2. The first-order valence-electron chi connectivity index (χ1n) is 6.68. The van der Waals surface area contributed by atoms with Crippen molar-refractivity contribution in [3.63, 3.8) is 0 Å². The Balaban J connectivity index is 2.19. The molecule has 4 heteroatoms. The van der Waals surface area contributed by atoms with Crippen molar-refractivity contribution in [2.45, 2.75) is 39.7 Å². The minimum atomic E-state index is -0.385. The highest BCUT2D eigenvalue weighted by Crippen LogP contribution is 2.19. The van der Waals surface area contributed by atoms with Crippen molar-refractivity contribution < 1.29 is 9.59 Å². The molecule has 1 aromatic carbocycles. The van der Waals surface area contributed by atoms with E-state index in [1.54, 1.807) is 0 Å². The third kappa shape index (κ3) is 3.13. The van der Waals surface area contributed by atoms with E-state index >= 15 is 0 Å². The van der Waals surface area contributed by atoms with Gasteiger partial charge < -0.3 is 5.32 Å². The van der Waals surface area contributed by atoms with Crippen LogP contribution in [0.15, 0.2) is 18.2 Å². The van der Waals surface area contributed by atoms with E-state index in [0.717, 1.165) is 12.0 Å². The Morgan fingerprint density at radius 3 is 2.32 bits per heavy atom. The molecule has 2 atom stereocenters. The number of hydrogen-bond acceptors (Lipinski definition) is 2. The maximum Gasteiger partial charge on any atom is 0.321 e. The summed E-state index contributed by atoms with van der Waals surface area (Å²) in [5, 5.41) is 5.19. The molecule has 0 spiro atoms. The second kappa shape index (κ2) is 5.43. The Hall–Kier alpha value is -1.84. The predicted octanol–water partition coefficient (Wildman–Crippen LogP) is 2.08. The standard InChI is InChI=1S/C15H20N2O2/c1-4-12-13(16-15(19)17-14(12)18)8-11-6-9(2)5-10(3)7-11/h5-7,12-13H,4,8H2,1-3H3,(H2,16,17,18,19). The summed E-state index contributed by atoms with van der Waals surface area (Å²) in [5.74, 6) is -0.320. The third-order valence-corrected chi connectivity index (χ3v) is 3.55. The molecule has 0 aromatic heterocycles. The molecule has 2 N–H and O–H groups in total. The fraction of sp³-hybridized carbons (Fsp3) is 0.467. The van der Waals surface area contributed by atoms with Crippen molar-refractivity contribution in [1.29, 1.82) is 0 Å². The lowest BCUT2D eigenvalue weighted by molar-refractivity contribution is -0.125. The summed E-state index contributed by atoms with van der Waals surface area (Å²) in [5.41, 5.74) is 3.57. The van der Waals surface area contributed by atoms with Gasteiger partial charge in [-0.25, -0.2) is 4.79 Å². The number of rotatable bonds is 3. The van der Waals surface area contributed by atoms with Gasteiger partial charge in [0.05, 0.1) is 5.92 Å². The van der Waals surface area contributed by atoms with Gasteiger partial charge in [0.15, 0.2) is 0 Å². The molecule has 1 fully saturated rings. The number of amides is 3. The van der Waals surface area contributed by atoms with Gasteiger partial charge in [-0.15, -0.1) is 0 Å². The zero-order valence-electron chi connectivity index (χ0n) is 11.6. The van der Waals surface area contributed by atoms with Gasteiger partial charge in [-0.2, -0.15) is 0 Å². The monoisotopic (exact) mass is 260 g/mol. The Morgan fingerprint density at radius 1 is 1.11 bits per heavy atom. The zero-order chi connectivity index (χ0) is 14.0. The van der Waals surface area contributed by atoms with Crippen LogP contribution in [0, 0.1) is 19.8 Å². The van der Waals surface area contributed by atoms with Crippen LogP contribution in [0.3, 0.4) is 0 Å². The topological polar surface area (TPSA) is 58.2 Å². The van der Waals surface area contributed by atoms with Crippen LogP contribution < -0.4 is 10.6 Å². The molecule has 2 unspecified atom stereocenters. The van der Waals surface area contributed by atoms with E-state index in [1.807, 2.05) is 6.92 Å². The van der Waals surface area contributed by atoms with Gasteiger partial charge in [0.25, 0.3) is 0 Å². The van der Waals surface area contributed by atoms with Crippen LogP contribution in [0.1, 0.15) is 30.0 Å². The molecule has 3 amide bonds. The summed E-state index contributed by atoms with van der Waals surface area (Å²) < 4.78 is 0. The highest BCUT2D eigenvalue weighted by atomic mass is 16.2. The minimum Gasteiger partial charge on any atom is -0.334 e. The summed E-state index contributed by atoms with van der Waals surface area (Å²) in [6.07, 6.45) is 1.42. The Morgan fingerprint density at radius 2 is 1.74 bits per heavy atom. The lowest BCUT2D eigenvalue weighted by Crippen LogP contribution is -2.58. The van der Waals surface area contributed by atoms with Gasteiger partial charge in [0.2, 0.25) is 5.91 Å². The number of imide groups is 1. The van der Waals surface area contributed by atoms with E-state index in [9.17, 15) is 9.59 Å². The molecule has 19 heavy (non-hydrogen) atoms. The lowest BCUT2D eigenvalue weighted by atomic mass is 9.88. The first kappa shape index (κ1) is 13.6. The SMILES string of the molecule is CCC1C(=O)NC(=O)NC1Cc1cc(C)cc(C)c1. The van der Waals surface area contributed by atoms with E-state index in [0.29, 0.717) is 6.42 Å². The number of benzene rings is 1. The Bertz CT molecular complexity index is 491. The number of nitrogens with one attached hydrogen (secondary N) is 2. The molecule has 1 saturated heterocycles. The van der Waals surface area contributed by atoms with Gasteiger partial charge in [-0.3, -0.25) is 10.1 Å². The van der Waals surface area contributed by atoms with Crippen LogP contribution in [-0.2, 0) is 11.2 Å². The second-order valence-corrected chi connectivity index (χ2v) is 5.28. The summed E-state index contributed by atoms with van der Waals surface area (Å²) in [6, 6.07) is 5.83. The summed E-state index contributed by atoms with van der Waals surface area (Å²) in [6.45, 7) is 6.08. The van der Waals surface area contributed by atoms with Gasteiger partial charge in [0.1, 0.15) is 0 Å². The van der Waals surface area contributed by atoms with Crippen molar-refractivity contribution >= 4 is 11.9 Å². The van der Waals surface area contributed by atoms with Crippen LogP contribution >= 0.6 is 0 Å². The normalized spacial score (nSPS) is 22.9. The van der Waals surface area contributed by atoms with Gasteiger partial charge in [0, 0.05) is 6.04 Å². The first-order chi connectivity index (χ1) is 8.99. The number of aryl methyl sites for hydroxylation is 2. The highest BCUT2D eigenvalue weighted by Gasteiger charge is 2.33. The molecule has 0 aliphatic carbocycles. The van der Waals surface area contributed by atoms with Crippen molar-refractivity contribution in [1.82, 2.24) is 10.6 Å². The zero-order valence-corrected chi connectivity index (χ0v) is 11.6. The van der Waals surface area contributed by atoms with Crippen molar-refractivity contribution in [3.05, 3.63) is 34.9 Å². The molecule has 4 nitrogen and oxygen atoms in total. The Labute approximate surface area is 113 Å². The predicted molar refractivity (Wildman–Crippen MR) is 73.9 cm³/mol. The number of urea groups is 1. The first-order valence-corrected chi connectivity index (χ1v) is 6.68. The van der Waals surface area contributed by atoms with Crippen molar-refractivity contribution in [3.8, 4) is 0 Å². The summed E-state index contributed by atoms with van der Waals surface area (Å²) in [7, 11) is 0. The molecule has 102 valence electrons. The van der Waals surface area contributed by atoms with E-state index < -0.39 is 0 Å². The van der Waals surface area contributed by atoms with Gasteiger partial charge >= 0.3 is 6.03 Å². The second-order valence-electron chi connectivity index (χ2n) is 5.28. The van der Waals surface area contributed by atoms with Crippen LogP contribution in [0.5, 0.6) is 0 Å².